The van der Waals surface area contributed by atoms with Gasteiger partial charge in [0.25, 0.3) is 5.91 Å². The van der Waals surface area contributed by atoms with Crippen molar-refractivity contribution in [1.29, 1.82) is 0 Å². The van der Waals surface area contributed by atoms with E-state index in [0.29, 0.717) is 30.3 Å². The van der Waals surface area contributed by atoms with Gasteiger partial charge < -0.3 is 10.6 Å². The van der Waals surface area contributed by atoms with Crippen molar-refractivity contribution >= 4 is 17.6 Å². The second kappa shape index (κ2) is 6.78. The molecule has 0 saturated carbocycles. The first-order valence-corrected chi connectivity index (χ1v) is 6.87. The van der Waals surface area contributed by atoms with Crippen LogP contribution in [0.3, 0.4) is 0 Å². The molecular formula is C12H18N8O2. The van der Waals surface area contributed by atoms with E-state index in [2.05, 4.69) is 31.3 Å². The molecule has 0 saturated heterocycles. The van der Waals surface area contributed by atoms with Crippen molar-refractivity contribution in [2.24, 2.45) is 0 Å². The van der Waals surface area contributed by atoms with Gasteiger partial charge in [0.2, 0.25) is 5.91 Å². The van der Waals surface area contributed by atoms with E-state index in [9.17, 15) is 9.59 Å². The minimum absolute atomic E-state index is 0.188. The Kier molecular flexibility index (Phi) is 4.81. The summed E-state index contributed by atoms with van der Waals surface area (Å²) in [4.78, 5) is 23.9. The molecule has 118 valence electrons. The smallest absolute Gasteiger partial charge is 0.256 e. The van der Waals surface area contributed by atoms with E-state index >= 15 is 0 Å². The molecule has 0 aliphatic rings. The predicted molar refractivity (Wildman–Crippen MR) is 77.1 cm³/mol. The summed E-state index contributed by atoms with van der Waals surface area (Å²) < 4.78 is 3.10. The lowest BCUT2D eigenvalue weighted by atomic mass is 10.3. The molecule has 0 atom stereocenters. The molecule has 22 heavy (non-hydrogen) atoms. The number of tetrazole rings is 1. The maximum Gasteiger partial charge on any atom is 0.256 e. The maximum absolute atomic E-state index is 12.1. The number of carbonyl (C=O) groups is 2. The maximum atomic E-state index is 12.1. The van der Waals surface area contributed by atoms with Gasteiger partial charge in [0.05, 0.1) is 12.7 Å². The fourth-order valence-corrected chi connectivity index (χ4v) is 1.92. The summed E-state index contributed by atoms with van der Waals surface area (Å²) in [5, 5.41) is 20.4. The van der Waals surface area contributed by atoms with Crippen LogP contribution >= 0.6 is 0 Å². The summed E-state index contributed by atoms with van der Waals surface area (Å²) in [7, 11) is 1.53. The molecule has 0 spiro atoms. The number of rotatable bonds is 6. The molecule has 0 radical (unpaired) electrons. The van der Waals surface area contributed by atoms with Gasteiger partial charge >= 0.3 is 0 Å². The summed E-state index contributed by atoms with van der Waals surface area (Å²) in [6.07, 6.45) is 1.62. The standard InChI is InChI=1S/C12H18N8O2/c1-4-19-11(9(7-14-19)12(22)13-3)15-10(21)5-6-20-8(2)16-17-18-20/h7H,4-6H2,1-3H3,(H,13,22)(H,15,21). The van der Waals surface area contributed by atoms with Gasteiger partial charge in [-0.3, -0.25) is 9.59 Å². The molecule has 0 unspecified atom stereocenters. The molecule has 2 N–H and O–H groups in total. The molecule has 2 aromatic rings. The molecule has 2 aromatic heterocycles. The fourth-order valence-electron chi connectivity index (χ4n) is 1.92. The molecule has 10 nitrogen and oxygen atoms in total. The zero-order valence-electron chi connectivity index (χ0n) is 12.7. The van der Waals surface area contributed by atoms with Gasteiger partial charge in [-0.05, 0) is 24.3 Å². The van der Waals surface area contributed by atoms with Crippen LogP contribution in [0.1, 0.15) is 29.5 Å². The lowest BCUT2D eigenvalue weighted by Crippen LogP contribution is -2.23. The molecule has 0 bridgehead atoms. The summed E-state index contributed by atoms with van der Waals surface area (Å²) in [6.45, 7) is 4.54. The monoisotopic (exact) mass is 306 g/mol. The number of aromatic nitrogens is 6. The number of amides is 2. The van der Waals surface area contributed by atoms with Crippen LogP contribution in [0.4, 0.5) is 5.82 Å². The Morgan fingerprint density at radius 2 is 2.09 bits per heavy atom. The van der Waals surface area contributed by atoms with Crippen LogP contribution in [-0.2, 0) is 17.9 Å². The normalized spacial score (nSPS) is 10.5. The van der Waals surface area contributed by atoms with Crippen molar-refractivity contribution < 1.29 is 9.59 Å². The molecular weight excluding hydrogens is 288 g/mol. The molecule has 0 aliphatic carbocycles. The second-order valence-corrected chi connectivity index (χ2v) is 4.55. The first kappa shape index (κ1) is 15.6. The number of aryl methyl sites for hydroxylation is 3. The van der Waals surface area contributed by atoms with Crippen LogP contribution in [0.5, 0.6) is 0 Å². The summed E-state index contributed by atoms with van der Waals surface area (Å²) in [5.74, 6) is 0.485. The molecule has 2 rings (SSSR count). The van der Waals surface area contributed by atoms with E-state index in [1.165, 1.54) is 17.9 Å². The highest BCUT2D eigenvalue weighted by molar-refractivity contribution is 6.02. The Morgan fingerprint density at radius 3 is 2.68 bits per heavy atom. The lowest BCUT2D eigenvalue weighted by Gasteiger charge is -2.09. The third-order valence-electron chi connectivity index (χ3n) is 3.13. The number of anilines is 1. The van der Waals surface area contributed by atoms with Gasteiger partial charge in [-0.15, -0.1) is 5.10 Å². The molecule has 0 aliphatic heterocycles. The molecule has 0 fully saturated rings. The van der Waals surface area contributed by atoms with E-state index in [0.717, 1.165) is 0 Å². The van der Waals surface area contributed by atoms with Gasteiger partial charge in [-0.1, -0.05) is 0 Å². The SMILES string of the molecule is CCn1ncc(C(=O)NC)c1NC(=O)CCn1nnnc1C. The van der Waals surface area contributed by atoms with E-state index in [1.54, 1.807) is 11.6 Å². The molecule has 2 amide bonds. The van der Waals surface area contributed by atoms with Crippen LogP contribution in [-0.4, -0.2) is 48.8 Å². The van der Waals surface area contributed by atoms with Crippen LogP contribution < -0.4 is 10.6 Å². The molecule has 2 heterocycles. The van der Waals surface area contributed by atoms with Gasteiger partial charge in [0.1, 0.15) is 17.2 Å². The molecule has 10 heteroatoms. The summed E-state index contributed by atoms with van der Waals surface area (Å²) >= 11 is 0. The van der Waals surface area contributed by atoms with Crippen LogP contribution in [0.25, 0.3) is 0 Å². The number of hydrogen-bond acceptors (Lipinski definition) is 6. The second-order valence-electron chi connectivity index (χ2n) is 4.55. The lowest BCUT2D eigenvalue weighted by molar-refractivity contribution is -0.116. The van der Waals surface area contributed by atoms with Crippen molar-refractivity contribution in [2.45, 2.75) is 33.4 Å². The van der Waals surface area contributed by atoms with Crippen molar-refractivity contribution in [1.82, 2.24) is 35.3 Å². The van der Waals surface area contributed by atoms with Gasteiger partial charge in [-0.2, -0.15) is 5.10 Å². The summed E-state index contributed by atoms with van der Waals surface area (Å²) in [6, 6.07) is 0. The van der Waals surface area contributed by atoms with Crippen molar-refractivity contribution in [3.63, 3.8) is 0 Å². The van der Waals surface area contributed by atoms with Gasteiger partial charge in [-0.25, -0.2) is 9.36 Å². The van der Waals surface area contributed by atoms with E-state index < -0.39 is 0 Å². The first-order valence-electron chi connectivity index (χ1n) is 6.87. The van der Waals surface area contributed by atoms with Gasteiger partial charge in [0.15, 0.2) is 0 Å². The van der Waals surface area contributed by atoms with Crippen molar-refractivity contribution in [3.05, 3.63) is 17.6 Å². The van der Waals surface area contributed by atoms with Crippen molar-refractivity contribution in [2.75, 3.05) is 12.4 Å². The minimum Gasteiger partial charge on any atom is -0.355 e. The van der Waals surface area contributed by atoms with E-state index in [4.69, 9.17) is 0 Å². The third-order valence-corrected chi connectivity index (χ3v) is 3.13. The fraction of sp³-hybridized carbons (Fsp3) is 0.500. The van der Waals surface area contributed by atoms with Crippen molar-refractivity contribution in [3.8, 4) is 0 Å². The Morgan fingerprint density at radius 1 is 1.32 bits per heavy atom. The number of carbonyl (C=O) groups excluding carboxylic acids is 2. The van der Waals surface area contributed by atoms with E-state index in [1.807, 2.05) is 6.92 Å². The largest absolute Gasteiger partial charge is 0.355 e. The van der Waals surface area contributed by atoms with Crippen LogP contribution in [0.15, 0.2) is 6.20 Å². The predicted octanol–water partition coefficient (Wildman–Crippen LogP) is -0.414. The van der Waals surface area contributed by atoms with Gasteiger partial charge in [0, 0.05) is 20.0 Å². The van der Waals surface area contributed by atoms with Crippen LogP contribution in [0.2, 0.25) is 0 Å². The highest BCUT2D eigenvalue weighted by Gasteiger charge is 2.18. The Bertz CT molecular complexity index is 674. The third kappa shape index (κ3) is 3.27. The number of nitrogens with one attached hydrogen (secondary N) is 2. The first-order chi connectivity index (χ1) is 10.6. The summed E-state index contributed by atoms with van der Waals surface area (Å²) in [5.41, 5.74) is 0.330. The van der Waals surface area contributed by atoms with E-state index in [-0.39, 0.29) is 18.2 Å². The minimum atomic E-state index is -0.300. The Labute approximate surface area is 126 Å². The Balaban J connectivity index is 2.06. The highest BCUT2D eigenvalue weighted by Crippen LogP contribution is 2.15. The number of hydrogen-bond donors (Lipinski definition) is 2. The number of nitrogens with zero attached hydrogens (tertiary/aromatic N) is 6. The zero-order valence-corrected chi connectivity index (χ0v) is 12.7. The van der Waals surface area contributed by atoms with Crippen LogP contribution in [0, 0.1) is 6.92 Å². The zero-order chi connectivity index (χ0) is 16.1. The Hall–Kier alpha value is -2.78. The average molecular weight is 306 g/mol. The quantitative estimate of drug-likeness (QED) is 0.748. The topological polar surface area (TPSA) is 120 Å². The molecule has 0 aromatic carbocycles. The highest BCUT2D eigenvalue weighted by atomic mass is 16.2. The average Bonchev–Trinajstić information content (AvgIpc) is 3.10.